The molecule has 3 aromatic rings. The molecule has 1 saturated heterocycles. The number of aryl methyl sites for hydroxylation is 1. The van der Waals surface area contributed by atoms with Crippen molar-refractivity contribution in [3.8, 4) is 11.3 Å². The lowest BCUT2D eigenvalue weighted by molar-refractivity contribution is -0.132. The summed E-state index contributed by atoms with van der Waals surface area (Å²) in [6.45, 7) is 6.69. The minimum Gasteiger partial charge on any atom is -0.369 e. The van der Waals surface area contributed by atoms with E-state index in [2.05, 4.69) is 42.3 Å². The van der Waals surface area contributed by atoms with Gasteiger partial charge in [0.25, 0.3) is 0 Å². The second-order valence-electron chi connectivity index (χ2n) is 7.72. The normalized spacial score (nSPS) is 15.1. The Morgan fingerprint density at radius 3 is 2.89 bits per heavy atom. The second-order valence-corrected chi connectivity index (χ2v) is 7.72. The predicted octanol–water partition coefficient (Wildman–Crippen LogP) is 3.77. The van der Waals surface area contributed by atoms with Crippen molar-refractivity contribution in [3.63, 3.8) is 0 Å². The average molecular weight is 377 g/mol. The van der Waals surface area contributed by atoms with Crippen LogP contribution >= 0.6 is 0 Å². The highest BCUT2D eigenvalue weighted by molar-refractivity contribution is 5.79. The summed E-state index contributed by atoms with van der Waals surface area (Å²) >= 11 is 0. The summed E-state index contributed by atoms with van der Waals surface area (Å²) in [5.41, 5.74) is 3.92. The molecule has 6 nitrogen and oxygen atoms in total. The summed E-state index contributed by atoms with van der Waals surface area (Å²) in [5, 5.41) is 3.46. The van der Waals surface area contributed by atoms with E-state index in [9.17, 15) is 4.79 Å². The zero-order chi connectivity index (χ0) is 19.5. The van der Waals surface area contributed by atoms with Crippen molar-refractivity contribution in [1.29, 1.82) is 0 Å². The highest BCUT2D eigenvalue weighted by Crippen LogP contribution is 2.29. The Bertz CT molecular complexity index is 972. The van der Waals surface area contributed by atoms with Gasteiger partial charge in [0.2, 0.25) is 5.91 Å². The van der Waals surface area contributed by atoms with Crippen LogP contribution in [0.3, 0.4) is 0 Å². The summed E-state index contributed by atoms with van der Waals surface area (Å²) in [6.07, 6.45) is 8.11. The number of hydrogen-bond donors (Lipinski definition) is 1. The topological polar surface area (TPSA) is 62.5 Å². The summed E-state index contributed by atoms with van der Waals surface area (Å²) in [7, 11) is 0. The van der Waals surface area contributed by atoms with E-state index in [1.807, 2.05) is 21.6 Å². The third kappa shape index (κ3) is 3.86. The first-order valence-corrected chi connectivity index (χ1v) is 10.0. The van der Waals surface area contributed by atoms with E-state index in [0.29, 0.717) is 13.0 Å². The Morgan fingerprint density at radius 2 is 2.11 bits per heavy atom. The van der Waals surface area contributed by atoms with Crippen molar-refractivity contribution < 1.29 is 4.79 Å². The zero-order valence-electron chi connectivity index (χ0n) is 16.6. The molecule has 1 aromatic carbocycles. The highest BCUT2D eigenvalue weighted by atomic mass is 16.2. The van der Waals surface area contributed by atoms with Crippen LogP contribution in [0.2, 0.25) is 0 Å². The van der Waals surface area contributed by atoms with E-state index in [-0.39, 0.29) is 5.91 Å². The first kappa shape index (κ1) is 18.5. The van der Waals surface area contributed by atoms with Gasteiger partial charge in [0, 0.05) is 44.0 Å². The Labute approximate surface area is 165 Å². The Hall–Kier alpha value is -2.89. The standard InChI is InChI=1S/C22H27N5O/c1-16-7-11-26(12-8-16)20(28)6-9-24-22-21(18-5-3-4-17(2)14-18)25-19-15-23-10-13-27(19)22/h3-5,10,13-16,24H,6-9,11-12H2,1-2H3. The van der Waals surface area contributed by atoms with Crippen molar-refractivity contribution in [2.45, 2.75) is 33.1 Å². The molecular formula is C22H27N5O. The van der Waals surface area contributed by atoms with E-state index in [1.165, 1.54) is 5.56 Å². The summed E-state index contributed by atoms with van der Waals surface area (Å²) < 4.78 is 2.00. The number of benzene rings is 1. The fourth-order valence-corrected chi connectivity index (χ4v) is 3.77. The number of likely N-dealkylation sites (tertiary alicyclic amines) is 1. The molecule has 0 aliphatic carbocycles. The molecule has 0 radical (unpaired) electrons. The quantitative estimate of drug-likeness (QED) is 0.735. The Kier molecular flexibility index (Phi) is 5.28. The number of piperidine rings is 1. The fourth-order valence-electron chi connectivity index (χ4n) is 3.77. The van der Waals surface area contributed by atoms with Crippen LogP contribution in [0, 0.1) is 12.8 Å². The van der Waals surface area contributed by atoms with Gasteiger partial charge in [-0.2, -0.15) is 0 Å². The number of nitrogens with one attached hydrogen (secondary N) is 1. The van der Waals surface area contributed by atoms with Gasteiger partial charge in [0.05, 0.1) is 6.20 Å². The van der Waals surface area contributed by atoms with E-state index in [0.717, 1.165) is 54.6 Å². The van der Waals surface area contributed by atoms with Crippen molar-refractivity contribution >= 4 is 17.4 Å². The molecule has 0 saturated carbocycles. The molecule has 1 fully saturated rings. The first-order valence-electron chi connectivity index (χ1n) is 10.0. The van der Waals surface area contributed by atoms with Crippen molar-refractivity contribution in [2.24, 2.45) is 5.92 Å². The third-order valence-corrected chi connectivity index (χ3v) is 5.49. The lowest BCUT2D eigenvalue weighted by atomic mass is 9.99. The maximum Gasteiger partial charge on any atom is 0.224 e. The number of fused-ring (bicyclic) bond motifs is 1. The van der Waals surface area contributed by atoms with Gasteiger partial charge < -0.3 is 10.2 Å². The molecule has 1 amide bonds. The average Bonchev–Trinajstić information content (AvgIpc) is 3.07. The summed E-state index contributed by atoms with van der Waals surface area (Å²) in [5.74, 6) is 1.86. The maximum absolute atomic E-state index is 12.5. The van der Waals surface area contributed by atoms with Crippen LogP contribution in [0.4, 0.5) is 5.82 Å². The van der Waals surface area contributed by atoms with Gasteiger partial charge in [-0.15, -0.1) is 0 Å². The number of imidazole rings is 1. The molecule has 6 heteroatoms. The minimum absolute atomic E-state index is 0.229. The monoisotopic (exact) mass is 377 g/mol. The van der Waals surface area contributed by atoms with Crippen LogP contribution in [0.1, 0.15) is 31.7 Å². The van der Waals surface area contributed by atoms with E-state index >= 15 is 0 Å². The van der Waals surface area contributed by atoms with Gasteiger partial charge in [-0.3, -0.25) is 14.2 Å². The molecule has 0 unspecified atom stereocenters. The van der Waals surface area contributed by atoms with Gasteiger partial charge in [-0.05, 0) is 31.7 Å². The number of nitrogens with zero attached hydrogens (tertiary/aromatic N) is 4. The number of carbonyl (C=O) groups excluding carboxylic acids is 1. The second kappa shape index (κ2) is 8.00. The van der Waals surface area contributed by atoms with Gasteiger partial charge in [-0.25, -0.2) is 4.98 Å². The summed E-state index contributed by atoms with van der Waals surface area (Å²) in [6, 6.07) is 8.30. The molecule has 1 aliphatic heterocycles. The molecule has 1 aliphatic rings. The van der Waals surface area contributed by atoms with Crippen LogP contribution in [-0.4, -0.2) is 44.8 Å². The molecule has 0 spiro atoms. The lowest BCUT2D eigenvalue weighted by Gasteiger charge is -2.30. The van der Waals surface area contributed by atoms with Gasteiger partial charge in [0.1, 0.15) is 11.5 Å². The molecule has 1 N–H and O–H groups in total. The Balaban J connectivity index is 1.51. The van der Waals surface area contributed by atoms with E-state index < -0.39 is 0 Å². The van der Waals surface area contributed by atoms with Crippen LogP contribution in [0.25, 0.3) is 16.9 Å². The van der Waals surface area contributed by atoms with Crippen molar-refractivity contribution in [2.75, 3.05) is 25.0 Å². The molecule has 0 bridgehead atoms. The fraction of sp³-hybridized carbons (Fsp3) is 0.409. The van der Waals surface area contributed by atoms with Gasteiger partial charge in [-0.1, -0.05) is 30.7 Å². The van der Waals surface area contributed by atoms with Crippen LogP contribution in [0.5, 0.6) is 0 Å². The molecule has 0 atom stereocenters. The van der Waals surface area contributed by atoms with Crippen LogP contribution < -0.4 is 5.32 Å². The smallest absolute Gasteiger partial charge is 0.224 e. The van der Waals surface area contributed by atoms with Crippen LogP contribution in [0.15, 0.2) is 42.9 Å². The largest absolute Gasteiger partial charge is 0.369 e. The minimum atomic E-state index is 0.229. The molecule has 146 valence electrons. The number of rotatable bonds is 5. The molecular weight excluding hydrogens is 350 g/mol. The lowest BCUT2D eigenvalue weighted by Crippen LogP contribution is -2.38. The third-order valence-electron chi connectivity index (χ3n) is 5.49. The number of anilines is 1. The van der Waals surface area contributed by atoms with E-state index in [1.54, 1.807) is 12.4 Å². The maximum atomic E-state index is 12.5. The predicted molar refractivity (Wildman–Crippen MR) is 111 cm³/mol. The summed E-state index contributed by atoms with van der Waals surface area (Å²) in [4.78, 5) is 23.5. The number of aromatic nitrogens is 3. The van der Waals surface area contributed by atoms with Gasteiger partial charge in [0.15, 0.2) is 5.65 Å². The molecule has 3 heterocycles. The molecule has 28 heavy (non-hydrogen) atoms. The number of hydrogen-bond acceptors (Lipinski definition) is 4. The molecule has 4 rings (SSSR count). The zero-order valence-corrected chi connectivity index (χ0v) is 16.6. The van der Waals surface area contributed by atoms with Crippen molar-refractivity contribution in [1.82, 2.24) is 19.3 Å². The SMILES string of the molecule is Cc1cccc(-c2nc3cnccn3c2NCCC(=O)N2CCC(C)CC2)c1. The van der Waals surface area contributed by atoms with E-state index in [4.69, 9.17) is 4.98 Å². The van der Waals surface area contributed by atoms with Crippen molar-refractivity contribution in [3.05, 3.63) is 48.4 Å². The van der Waals surface area contributed by atoms with Crippen LogP contribution in [-0.2, 0) is 4.79 Å². The highest BCUT2D eigenvalue weighted by Gasteiger charge is 2.20. The van der Waals surface area contributed by atoms with Gasteiger partial charge >= 0.3 is 0 Å². The number of carbonyl (C=O) groups is 1. The number of amides is 1. The first-order chi connectivity index (χ1) is 13.6. The Morgan fingerprint density at radius 1 is 1.29 bits per heavy atom. The molecule has 2 aromatic heterocycles.